The summed E-state index contributed by atoms with van der Waals surface area (Å²) in [6, 6.07) is 11.6. The van der Waals surface area contributed by atoms with Crippen molar-refractivity contribution < 1.29 is 18.7 Å². The molecule has 2 aromatic rings. The van der Waals surface area contributed by atoms with Crippen LogP contribution in [0.2, 0.25) is 5.02 Å². The van der Waals surface area contributed by atoms with Crippen molar-refractivity contribution in [3.8, 4) is 6.07 Å². The summed E-state index contributed by atoms with van der Waals surface area (Å²) in [5, 5.41) is 11.2. The Kier molecular flexibility index (Phi) is 6.79. The number of carbonyl (C=O) groups is 2. The van der Waals surface area contributed by atoms with Crippen LogP contribution in [0.15, 0.2) is 36.4 Å². The van der Waals surface area contributed by atoms with Crippen LogP contribution < -0.4 is 15.1 Å². The summed E-state index contributed by atoms with van der Waals surface area (Å²) in [5.41, 5.74) is 0.218. The summed E-state index contributed by atoms with van der Waals surface area (Å²) < 4.78 is 20.2. The fourth-order valence-electron chi connectivity index (χ4n) is 3.31. The van der Waals surface area contributed by atoms with Gasteiger partial charge in [0.1, 0.15) is 18.2 Å². The lowest BCUT2D eigenvalue weighted by Crippen LogP contribution is -2.44. The standard InChI is InChI=1S/C22H20ClFN4O3S/c1-22(2)20(30)27(16-9-6-14(10-25)18(23)19(16)24)21(32)28(22)15-7-4-13(5-8-15)11-31-12-17(29)26-3/h4-9H,11-12H2,1-3H3,(H,26,29). The van der Waals surface area contributed by atoms with Crippen LogP contribution in [0, 0.1) is 17.1 Å². The molecule has 1 aliphatic rings. The van der Waals surface area contributed by atoms with Crippen molar-refractivity contribution in [3.05, 3.63) is 58.4 Å². The van der Waals surface area contributed by atoms with Crippen LogP contribution in [0.1, 0.15) is 25.0 Å². The Bertz CT molecular complexity index is 1130. The Morgan fingerprint density at radius 3 is 2.53 bits per heavy atom. The number of amides is 2. The van der Waals surface area contributed by atoms with Crippen molar-refractivity contribution in [2.75, 3.05) is 23.5 Å². The van der Waals surface area contributed by atoms with Gasteiger partial charge in [0.25, 0.3) is 5.91 Å². The first-order chi connectivity index (χ1) is 15.1. The first-order valence-corrected chi connectivity index (χ1v) is 10.4. The van der Waals surface area contributed by atoms with Gasteiger partial charge in [-0.25, -0.2) is 4.39 Å². The van der Waals surface area contributed by atoms with Gasteiger partial charge in [0, 0.05) is 12.7 Å². The molecule has 1 saturated heterocycles. The lowest BCUT2D eigenvalue weighted by Gasteiger charge is -2.29. The molecule has 0 bridgehead atoms. The zero-order chi connectivity index (χ0) is 23.6. The van der Waals surface area contributed by atoms with E-state index in [1.807, 2.05) is 0 Å². The summed E-state index contributed by atoms with van der Waals surface area (Å²) in [6.45, 7) is 3.56. The van der Waals surface area contributed by atoms with Gasteiger partial charge >= 0.3 is 0 Å². The second-order valence-corrected chi connectivity index (χ2v) is 8.27. The molecule has 7 nitrogen and oxygen atoms in total. The smallest absolute Gasteiger partial charge is 0.259 e. The number of likely N-dealkylation sites (N-methyl/N-ethyl adjacent to an activating group) is 1. The molecule has 1 fully saturated rings. The van der Waals surface area contributed by atoms with E-state index in [0.29, 0.717) is 5.69 Å². The van der Waals surface area contributed by atoms with Crippen molar-refractivity contribution in [2.24, 2.45) is 0 Å². The maximum Gasteiger partial charge on any atom is 0.259 e. The van der Waals surface area contributed by atoms with Gasteiger partial charge in [-0.2, -0.15) is 5.26 Å². The predicted octanol–water partition coefficient (Wildman–Crippen LogP) is 3.53. The minimum absolute atomic E-state index is 0.0316. The normalized spacial score (nSPS) is 15.1. The highest BCUT2D eigenvalue weighted by Gasteiger charge is 2.51. The van der Waals surface area contributed by atoms with Crippen LogP contribution in [-0.4, -0.2) is 36.1 Å². The van der Waals surface area contributed by atoms with Gasteiger partial charge in [-0.1, -0.05) is 23.7 Å². The number of anilines is 2. The van der Waals surface area contributed by atoms with E-state index in [1.165, 1.54) is 19.2 Å². The highest BCUT2D eigenvalue weighted by atomic mass is 35.5. The number of hydrogen-bond donors (Lipinski definition) is 1. The quantitative estimate of drug-likeness (QED) is 0.645. The molecule has 2 aromatic carbocycles. The van der Waals surface area contributed by atoms with Crippen LogP contribution in [0.3, 0.4) is 0 Å². The molecule has 1 aliphatic heterocycles. The summed E-state index contributed by atoms with van der Waals surface area (Å²) in [7, 11) is 1.53. The molecule has 0 saturated carbocycles. The van der Waals surface area contributed by atoms with E-state index in [-0.39, 0.29) is 40.5 Å². The Morgan fingerprint density at radius 2 is 1.94 bits per heavy atom. The topological polar surface area (TPSA) is 85.7 Å². The lowest BCUT2D eigenvalue weighted by atomic mass is 10.0. The van der Waals surface area contributed by atoms with E-state index in [9.17, 15) is 14.0 Å². The van der Waals surface area contributed by atoms with E-state index in [1.54, 1.807) is 49.1 Å². The second kappa shape index (κ2) is 9.20. The summed E-state index contributed by atoms with van der Waals surface area (Å²) in [6.07, 6.45) is 0. The number of nitrogens with one attached hydrogen (secondary N) is 1. The number of hydrogen-bond acceptors (Lipinski definition) is 5. The molecule has 0 radical (unpaired) electrons. The van der Waals surface area contributed by atoms with Crippen molar-refractivity contribution in [3.63, 3.8) is 0 Å². The lowest BCUT2D eigenvalue weighted by molar-refractivity contribution is -0.125. The Morgan fingerprint density at radius 1 is 1.28 bits per heavy atom. The van der Waals surface area contributed by atoms with E-state index in [0.717, 1.165) is 10.5 Å². The summed E-state index contributed by atoms with van der Waals surface area (Å²) in [4.78, 5) is 27.2. The molecule has 1 heterocycles. The van der Waals surface area contributed by atoms with Crippen LogP contribution >= 0.6 is 23.8 Å². The zero-order valence-corrected chi connectivity index (χ0v) is 19.2. The number of rotatable bonds is 6. The van der Waals surface area contributed by atoms with Crippen molar-refractivity contribution in [2.45, 2.75) is 26.0 Å². The molecule has 1 N–H and O–H groups in total. The van der Waals surface area contributed by atoms with Crippen molar-refractivity contribution in [1.82, 2.24) is 5.32 Å². The van der Waals surface area contributed by atoms with Gasteiger partial charge < -0.3 is 15.0 Å². The molecule has 0 unspecified atom stereocenters. The van der Waals surface area contributed by atoms with Crippen LogP contribution in [0.5, 0.6) is 0 Å². The molecule has 0 aromatic heterocycles. The molecule has 0 atom stereocenters. The number of nitriles is 1. The molecule has 32 heavy (non-hydrogen) atoms. The van der Waals surface area contributed by atoms with Crippen molar-refractivity contribution >= 4 is 52.1 Å². The summed E-state index contributed by atoms with van der Waals surface area (Å²) in [5.74, 6) is -1.54. The fourth-order valence-corrected chi connectivity index (χ4v) is 4.03. The van der Waals surface area contributed by atoms with Gasteiger partial charge in [-0.05, 0) is 55.9 Å². The van der Waals surface area contributed by atoms with Crippen molar-refractivity contribution in [1.29, 1.82) is 5.26 Å². The molecule has 3 rings (SSSR count). The highest BCUT2D eigenvalue weighted by molar-refractivity contribution is 7.81. The number of halogens is 2. The predicted molar refractivity (Wildman–Crippen MR) is 123 cm³/mol. The Hall–Kier alpha value is -3.06. The first-order valence-electron chi connectivity index (χ1n) is 9.57. The maximum atomic E-state index is 14.9. The van der Waals surface area contributed by atoms with E-state index >= 15 is 0 Å². The Balaban J connectivity index is 1.88. The molecule has 2 amide bonds. The fraction of sp³-hybridized carbons (Fsp3) is 0.273. The number of benzene rings is 2. The van der Waals surface area contributed by atoms with Gasteiger partial charge in [0.2, 0.25) is 5.91 Å². The molecule has 10 heteroatoms. The van der Waals surface area contributed by atoms with E-state index in [2.05, 4.69) is 5.32 Å². The third-order valence-corrected chi connectivity index (χ3v) is 5.80. The summed E-state index contributed by atoms with van der Waals surface area (Å²) >= 11 is 11.5. The zero-order valence-electron chi connectivity index (χ0n) is 17.6. The third kappa shape index (κ3) is 4.17. The average Bonchev–Trinajstić information content (AvgIpc) is 2.94. The third-order valence-electron chi connectivity index (χ3n) is 5.07. The number of ether oxygens (including phenoxy) is 1. The first kappa shape index (κ1) is 23.6. The maximum absolute atomic E-state index is 14.9. The number of carbonyl (C=O) groups excluding carboxylic acids is 2. The van der Waals surface area contributed by atoms with Crippen LogP contribution in [0.4, 0.5) is 15.8 Å². The van der Waals surface area contributed by atoms with Crippen LogP contribution in [0.25, 0.3) is 0 Å². The number of thiocarbonyl (C=S) groups is 1. The minimum Gasteiger partial charge on any atom is -0.367 e. The van der Waals surface area contributed by atoms with Gasteiger partial charge in [0.15, 0.2) is 10.9 Å². The molecular formula is C22H20ClFN4O3S. The average molecular weight is 475 g/mol. The minimum atomic E-state index is -1.10. The van der Waals surface area contributed by atoms with Gasteiger partial charge in [-0.3, -0.25) is 14.5 Å². The monoisotopic (exact) mass is 474 g/mol. The second-order valence-electron chi connectivity index (χ2n) is 7.52. The SMILES string of the molecule is CNC(=O)COCc1ccc(N2C(=S)N(c3ccc(C#N)c(Cl)c3F)C(=O)C2(C)C)cc1. The van der Waals surface area contributed by atoms with E-state index < -0.39 is 17.3 Å². The van der Waals surface area contributed by atoms with Gasteiger partial charge in [-0.15, -0.1) is 0 Å². The molecule has 0 aliphatic carbocycles. The molecule has 166 valence electrons. The van der Waals surface area contributed by atoms with Crippen LogP contribution in [-0.2, 0) is 20.9 Å². The highest BCUT2D eigenvalue weighted by Crippen LogP contribution is 2.39. The Labute approximate surface area is 195 Å². The number of nitrogens with zero attached hydrogens (tertiary/aromatic N) is 3. The molecular weight excluding hydrogens is 455 g/mol. The van der Waals surface area contributed by atoms with E-state index in [4.69, 9.17) is 33.8 Å². The van der Waals surface area contributed by atoms with Gasteiger partial charge in [0.05, 0.1) is 22.9 Å². The largest absolute Gasteiger partial charge is 0.367 e. The molecule has 0 spiro atoms.